The Balaban J connectivity index is 1.38. The van der Waals surface area contributed by atoms with Gasteiger partial charge in [0, 0.05) is 29.8 Å². The molecule has 2 heterocycles. The van der Waals surface area contributed by atoms with E-state index in [1.165, 1.54) is 0 Å². The number of carbonyl (C=O) groups is 1. The molecule has 168 valence electrons. The van der Waals surface area contributed by atoms with E-state index in [-0.39, 0.29) is 6.03 Å². The summed E-state index contributed by atoms with van der Waals surface area (Å²) < 4.78 is 13.2. The van der Waals surface area contributed by atoms with Gasteiger partial charge in [0.1, 0.15) is 29.0 Å². The van der Waals surface area contributed by atoms with E-state index >= 15 is 0 Å². The van der Waals surface area contributed by atoms with E-state index in [1.54, 1.807) is 67.7 Å². The van der Waals surface area contributed by atoms with Crippen molar-refractivity contribution in [3.63, 3.8) is 0 Å². The number of benzene rings is 2. The average Bonchev–Trinajstić information content (AvgIpc) is 3.22. The highest BCUT2D eigenvalue weighted by atomic mass is 16.5. The van der Waals surface area contributed by atoms with Gasteiger partial charge in [0.25, 0.3) is 0 Å². The van der Waals surface area contributed by atoms with E-state index in [4.69, 9.17) is 9.47 Å². The van der Waals surface area contributed by atoms with Crippen LogP contribution in [0.25, 0.3) is 5.82 Å². The molecular weight excluding hydrogens is 420 g/mol. The number of aryl methyl sites for hydroxylation is 2. The molecule has 4 rings (SSSR count). The Hall–Kier alpha value is -4.40. The Kier molecular flexibility index (Phi) is 6.49. The molecule has 0 atom stereocenters. The third-order valence-electron chi connectivity index (χ3n) is 4.63. The van der Waals surface area contributed by atoms with Gasteiger partial charge in [-0.05, 0) is 69.3 Å². The number of hydrogen-bond acceptors (Lipinski definition) is 6. The monoisotopic (exact) mass is 444 g/mol. The normalized spacial score (nSPS) is 10.5. The van der Waals surface area contributed by atoms with Crippen molar-refractivity contribution in [2.75, 3.05) is 17.2 Å². The maximum Gasteiger partial charge on any atom is 0.323 e. The molecule has 0 aliphatic heterocycles. The zero-order valence-corrected chi connectivity index (χ0v) is 18.6. The predicted octanol–water partition coefficient (Wildman–Crippen LogP) is 5.11. The van der Waals surface area contributed by atoms with Gasteiger partial charge in [-0.3, -0.25) is 4.57 Å². The van der Waals surface area contributed by atoms with Crippen LogP contribution in [0.3, 0.4) is 0 Å². The maximum atomic E-state index is 12.3. The summed E-state index contributed by atoms with van der Waals surface area (Å²) in [5.74, 6) is 3.83. The van der Waals surface area contributed by atoms with Crippen molar-refractivity contribution >= 4 is 17.4 Å². The van der Waals surface area contributed by atoms with Crippen LogP contribution in [-0.2, 0) is 0 Å². The number of aromatic nitrogens is 4. The Labute approximate surface area is 191 Å². The van der Waals surface area contributed by atoms with E-state index in [0.717, 1.165) is 11.6 Å². The molecular formula is C24H24N6O3. The largest absolute Gasteiger partial charge is 0.494 e. The van der Waals surface area contributed by atoms with Gasteiger partial charge in [0.15, 0.2) is 0 Å². The summed E-state index contributed by atoms with van der Waals surface area (Å²) in [4.78, 5) is 25.3. The van der Waals surface area contributed by atoms with E-state index in [1.807, 2.05) is 24.6 Å². The van der Waals surface area contributed by atoms with Crippen molar-refractivity contribution in [1.82, 2.24) is 19.5 Å². The summed E-state index contributed by atoms with van der Waals surface area (Å²) in [6, 6.07) is 15.6. The summed E-state index contributed by atoms with van der Waals surface area (Å²) in [5.41, 5.74) is 1.29. The molecule has 33 heavy (non-hydrogen) atoms. The van der Waals surface area contributed by atoms with Crippen LogP contribution < -0.4 is 20.1 Å². The molecule has 4 aromatic rings. The molecule has 2 N–H and O–H groups in total. The second-order valence-electron chi connectivity index (χ2n) is 7.12. The minimum absolute atomic E-state index is 0.348. The van der Waals surface area contributed by atoms with E-state index < -0.39 is 0 Å². The van der Waals surface area contributed by atoms with Crippen molar-refractivity contribution < 1.29 is 14.3 Å². The fraction of sp³-hybridized carbons (Fsp3) is 0.167. The van der Waals surface area contributed by atoms with Crippen molar-refractivity contribution in [2.45, 2.75) is 20.8 Å². The van der Waals surface area contributed by atoms with Gasteiger partial charge in [-0.2, -0.15) is 4.98 Å². The number of nitrogens with one attached hydrogen (secondary N) is 2. The molecule has 0 bridgehead atoms. The number of imidazole rings is 1. The lowest BCUT2D eigenvalue weighted by Gasteiger charge is -2.11. The Morgan fingerprint density at radius 2 is 1.58 bits per heavy atom. The fourth-order valence-electron chi connectivity index (χ4n) is 3.14. The topological polar surface area (TPSA) is 103 Å². The van der Waals surface area contributed by atoms with Crippen LogP contribution in [0.15, 0.2) is 67.0 Å². The van der Waals surface area contributed by atoms with Gasteiger partial charge in [0.05, 0.1) is 6.61 Å². The highest BCUT2D eigenvalue weighted by Gasteiger charge is 2.09. The molecule has 0 fully saturated rings. The number of hydrogen-bond donors (Lipinski definition) is 2. The minimum atomic E-state index is -0.348. The van der Waals surface area contributed by atoms with Gasteiger partial charge >= 0.3 is 6.03 Å². The van der Waals surface area contributed by atoms with Gasteiger partial charge < -0.3 is 20.1 Å². The summed E-state index contributed by atoms with van der Waals surface area (Å²) in [7, 11) is 0. The van der Waals surface area contributed by atoms with Gasteiger partial charge in [-0.15, -0.1) is 0 Å². The van der Waals surface area contributed by atoms with E-state index in [2.05, 4.69) is 25.6 Å². The molecule has 0 aliphatic rings. The average molecular weight is 444 g/mol. The zero-order valence-electron chi connectivity index (χ0n) is 18.6. The number of carbonyl (C=O) groups excluding carboxylic acids is 1. The van der Waals surface area contributed by atoms with Crippen molar-refractivity contribution in [1.29, 1.82) is 0 Å². The van der Waals surface area contributed by atoms with E-state index in [9.17, 15) is 4.79 Å². The molecule has 0 unspecified atom stereocenters. The van der Waals surface area contributed by atoms with Gasteiger partial charge in [0.2, 0.25) is 5.88 Å². The summed E-state index contributed by atoms with van der Waals surface area (Å²) >= 11 is 0. The van der Waals surface area contributed by atoms with Gasteiger partial charge in [-0.1, -0.05) is 0 Å². The first-order valence-electron chi connectivity index (χ1n) is 10.4. The van der Waals surface area contributed by atoms with Crippen LogP contribution in [0.5, 0.6) is 17.4 Å². The summed E-state index contributed by atoms with van der Waals surface area (Å²) in [5, 5.41) is 5.57. The smallest absolute Gasteiger partial charge is 0.323 e. The zero-order chi connectivity index (χ0) is 23.2. The maximum absolute atomic E-state index is 12.3. The molecule has 9 nitrogen and oxygen atoms in total. The first-order chi connectivity index (χ1) is 16.0. The highest BCUT2D eigenvalue weighted by molar-refractivity contribution is 5.99. The van der Waals surface area contributed by atoms with Gasteiger partial charge in [-0.25, -0.2) is 14.8 Å². The number of nitrogens with zero attached hydrogens (tertiary/aromatic N) is 4. The fourth-order valence-corrected chi connectivity index (χ4v) is 3.14. The lowest BCUT2D eigenvalue weighted by molar-refractivity contribution is 0.262. The van der Waals surface area contributed by atoms with Crippen LogP contribution in [0.4, 0.5) is 16.2 Å². The minimum Gasteiger partial charge on any atom is -0.494 e. The Morgan fingerprint density at radius 1 is 0.939 bits per heavy atom. The first-order valence-corrected chi connectivity index (χ1v) is 10.4. The molecule has 9 heteroatoms. The number of rotatable bonds is 7. The molecule has 0 spiro atoms. The molecule has 2 amide bonds. The first kappa shape index (κ1) is 21.8. The second-order valence-corrected chi connectivity index (χ2v) is 7.12. The van der Waals surface area contributed by atoms with Crippen LogP contribution in [0.1, 0.15) is 18.6 Å². The lowest BCUT2D eigenvalue weighted by atomic mass is 10.3. The second kappa shape index (κ2) is 9.82. The number of anilines is 2. The molecule has 2 aromatic carbocycles. The lowest BCUT2D eigenvalue weighted by Crippen LogP contribution is -2.19. The highest BCUT2D eigenvalue weighted by Crippen LogP contribution is 2.24. The van der Waals surface area contributed by atoms with Crippen molar-refractivity contribution in [3.8, 4) is 23.2 Å². The quantitative estimate of drug-likeness (QED) is 0.410. The van der Waals surface area contributed by atoms with Crippen molar-refractivity contribution in [3.05, 3.63) is 78.6 Å². The Bertz CT molecular complexity index is 1240. The molecule has 0 saturated carbocycles. The van der Waals surface area contributed by atoms with Crippen LogP contribution in [-0.4, -0.2) is 32.2 Å². The molecule has 2 aromatic heterocycles. The number of ether oxygens (including phenoxy) is 2. The van der Waals surface area contributed by atoms with Crippen LogP contribution in [0.2, 0.25) is 0 Å². The third-order valence-corrected chi connectivity index (χ3v) is 4.63. The molecule has 0 aliphatic carbocycles. The van der Waals surface area contributed by atoms with E-state index in [0.29, 0.717) is 41.3 Å². The SMILES string of the molecule is CCOc1ccc(NC(=O)Nc2ccc(Oc3cc(-n4ccnc4C)nc(C)n3)cc2)cc1. The number of amides is 2. The third kappa shape index (κ3) is 5.65. The molecule has 0 saturated heterocycles. The van der Waals surface area contributed by atoms with Crippen LogP contribution >= 0.6 is 0 Å². The predicted molar refractivity (Wildman–Crippen MR) is 125 cm³/mol. The summed E-state index contributed by atoms with van der Waals surface area (Å²) in [6.07, 6.45) is 3.55. The standard InChI is InChI=1S/C24H24N6O3/c1-4-32-20-9-5-18(6-10-20)28-24(31)29-19-7-11-21(12-8-19)33-23-15-22(26-16(2)27-23)30-14-13-25-17(30)3/h5-15H,4H2,1-3H3,(H2,28,29,31). The van der Waals surface area contributed by atoms with Crippen LogP contribution in [0, 0.1) is 13.8 Å². The van der Waals surface area contributed by atoms with Crippen molar-refractivity contribution in [2.24, 2.45) is 0 Å². The summed E-state index contributed by atoms with van der Waals surface area (Å²) in [6.45, 7) is 6.22. The number of urea groups is 1. The molecule has 0 radical (unpaired) electrons. The Morgan fingerprint density at radius 3 is 2.15 bits per heavy atom.